The molecule has 2 aromatic carbocycles. The van der Waals surface area contributed by atoms with Crippen LogP contribution in [0, 0.1) is 0 Å². The van der Waals surface area contributed by atoms with E-state index in [4.69, 9.17) is 9.47 Å². The molecule has 0 heterocycles. The third-order valence-electron chi connectivity index (χ3n) is 3.02. The molecule has 110 valence electrons. The van der Waals surface area contributed by atoms with Crippen LogP contribution in [0.1, 0.15) is 13.3 Å². The average molecular weight is 285 g/mol. The molecule has 1 N–H and O–H groups in total. The Morgan fingerprint density at radius 2 is 1.81 bits per heavy atom. The van der Waals surface area contributed by atoms with Gasteiger partial charge in [0, 0.05) is 11.8 Å². The molecule has 1 atom stereocenters. The van der Waals surface area contributed by atoms with Crippen molar-refractivity contribution in [3.63, 3.8) is 0 Å². The molecule has 2 aromatic rings. The van der Waals surface area contributed by atoms with E-state index in [9.17, 15) is 4.79 Å². The van der Waals surface area contributed by atoms with Gasteiger partial charge in [-0.3, -0.25) is 4.79 Å². The normalized spacial score (nSPS) is 11.5. The van der Waals surface area contributed by atoms with Crippen LogP contribution in [0.4, 0.5) is 5.69 Å². The monoisotopic (exact) mass is 285 g/mol. The van der Waals surface area contributed by atoms with Crippen LogP contribution in [0.5, 0.6) is 11.5 Å². The fourth-order valence-electron chi connectivity index (χ4n) is 1.91. The van der Waals surface area contributed by atoms with Gasteiger partial charge in [-0.05, 0) is 30.7 Å². The van der Waals surface area contributed by atoms with E-state index in [0.717, 1.165) is 0 Å². The predicted octanol–water partition coefficient (Wildman–Crippen LogP) is 3.49. The molecule has 1 amide bonds. The Hall–Kier alpha value is -2.49. The van der Waals surface area contributed by atoms with Gasteiger partial charge in [0.2, 0.25) is 0 Å². The largest absolute Gasteiger partial charge is 0.497 e. The van der Waals surface area contributed by atoms with Crippen molar-refractivity contribution in [1.29, 1.82) is 0 Å². The van der Waals surface area contributed by atoms with Crippen LogP contribution in [0.25, 0.3) is 0 Å². The molecule has 0 aliphatic carbocycles. The van der Waals surface area contributed by atoms with Gasteiger partial charge in [-0.2, -0.15) is 0 Å². The maximum atomic E-state index is 12.3. The molecule has 0 spiro atoms. The molecule has 0 radical (unpaired) electrons. The van der Waals surface area contributed by atoms with Crippen molar-refractivity contribution in [2.45, 2.75) is 19.4 Å². The Bertz CT molecular complexity index is 584. The van der Waals surface area contributed by atoms with Crippen molar-refractivity contribution >= 4 is 11.6 Å². The molecule has 2 rings (SSSR count). The quantitative estimate of drug-likeness (QED) is 0.883. The lowest BCUT2D eigenvalue weighted by atomic mass is 10.2. The first-order valence-electron chi connectivity index (χ1n) is 6.89. The maximum absolute atomic E-state index is 12.3. The van der Waals surface area contributed by atoms with E-state index in [-0.39, 0.29) is 5.91 Å². The van der Waals surface area contributed by atoms with Crippen molar-refractivity contribution in [3.05, 3.63) is 54.6 Å². The predicted molar refractivity (Wildman–Crippen MR) is 82.8 cm³/mol. The molecule has 0 bridgehead atoms. The Kier molecular flexibility index (Phi) is 5.21. The number of benzene rings is 2. The molecule has 4 nitrogen and oxygen atoms in total. The summed E-state index contributed by atoms with van der Waals surface area (Å²) in [7, 11) is 1.59. The van der Waals surface area contributed by atoms with Crippen molar-refractivity contribution in [2.24, 2.45) is 0 Å². The van der Waals surface area contributed by atoms with Gasteiger partial charge in [0.25, 0.3) is 5.91 Å². The molecule has 0 fully saturated rings. The van der Waals surface area contributed by atoms with E-state index < -0.39 is 6.10 Å². The second-order valence-electron chi connectivity index (χ2n) is 4.55. The number of hydrogen-bond donors (Lipinski definition) is 1. The summed E-state index contributed by atoms with van der Waals surface area (Å²) in [6.07, 6.45) is 0.0589. The molecule has 0 aromatic heterocycles. The number of ether oxygens (including phenoxy) is 2. The third kappa shape index (κ3) is 4.24. The SMILES string of the molecule is CC[C@@H](Oc1ccccc1)C(=O)Nc1cccc(OC)c1. The van der Waals surface area contributed by atoms with Gasteiger partial charge in [0.05, 0.1) is 7.11 Å². The van der Waals surface area contributed by atoms with Gasteiger partial charge in [-0.25, -0.2) is 0 Å². The van der Waals surface area contributed by atoms with Crippen molar-refractivity contribution in [1.82, 2.24) is 0 Å². The fraction of sp³-hybridized carbons (Fsp3) is 0.235. The maximum Gasteiger partial charge on any atom is 0.265 e. The lowest BCUT2D eigenvalue weighted by Crippen LogP contribution is -2.32. The van der Waals surface area contributed by atoms with Crippen LogP contribution in [-0.2, 0) is 4.79 Å². The third-order valence-corrected chi connectivity index (χ3v) is 3.02. The molecular formula is C17H19NO3. The summed E-state index contributed by atoms with van der Waals surface area (Å²) in [6.45, 7) is 1.92. The highest BCUT2D eigenvalue weighted by molar-refractivity contribution is 5.94. The minimum absolute atomic E-state index is 0.172. The summed E-state index contributed by atoms with van der Waals surface area (Å²) in [4.78, 5) is 12.3. The van der Waals surface area contributed by atoms with E-state index >= 15 is 0 Å². The smallest absolute Gasteiger partial charge is 0.265 e. The summed E-state index contributed by atoms with van der Waals surface area (Å²) in [5.74, 6) is 1.21. The van der Waals surface area contributed by atoms with Crippen LogP contribution in [0.2, 0.25) is 0 Å². The van der Waals surface area contributed by atoms with E-state index in [1.54, 1.807) is 13.2 Å². The van der Waals surface area contributed by atoms with Crippen molar-refractivity contribution in [2.75, 3.05) is 12.4 Å². The number of anilines is 1. The van der Waals surface area contributed by atoms with Gasteiger partial charge < -0.3 is 14.8 Å². The Labute approximate surface area is 124 Å². The Morgan fingerprint density at radius 1 is 1.10 bits per heavy atom. The summed E-state index contributed by atoms with van der Waals surface area (Å²) in [5.41, 5.74) is 0.689. The van der Waals surface area contributed by atoms with E-state index in [2.05, 4.69) is 5.32 Å². The lowest BCUT2D eigenvalue weighted by Gasteiger charge is -2.17. The highest BCUT2D eigenvalue weighted by Crippen LogP contribution is 2.18. The Balaban J connectivity index is 2.02. The fourth-order valence-corrected chi connectivity index (χ4v) is 1.91. The van der Waals surface area contributed by atoms with Gasteiger partial charge >= 0.3 is 0 Å². The molecule has 0 saturated carbocycles. The number of amides is 1. The van der Waals surface area contributed by atoms with Crippen LogP contribution < -0.4 is 14.8 Å². The molecule has 4 heteroatoms. The second kappa shape index (κ2) is 7.33. The number of carbonyl (C=O) groups excluding carboxylic acids is 1. The van der Waals surface area contributed by atoms with Crippen molar-refractivity contribution in [3.8, 4) is 11.5 Å². The number of methoxy groups -OCH3 is 1. The molecule has 0 aliphatic rings. The lowest BCUT2D eigenvalue weighted by molar-refractivity contribution is -0.122. The van der Waals surface area contributed by atoms with Gasteiger partial charge in [0.1, 0.15) is 11.5 Å². The molecule has 0 unspecified atom stereocenters. The number of carbonyl (C=O) groups is 1. The highest BCUT2D eigenvalue weighted by atomic mass is 16.5. The molecule has 0 aliphatic heterocycles. The van der Waals surface area contributed by atoms with Crippen molar-refractivity contribution < 1.29 is 14.3 Å². The summed E-state index contributed by atoms with van der Waals surface area (Å²) >= 11 is 0. The van der Waals surface area contributed by atoms with E-state index in [1.807, 2.05) is 55.5 Å². The molecule has 21 heavy (non-hydrogen) atoms. The summed E-state index contributed by atoms with van der Waals surface area (Å²) in [6, 6.07) is 16.6. The molecular weight excluding hydrogens is 266 g/mol. The highest BCUT2D eigenvalue weighted by Gasteiger charge is 2.18. The average Bonchev–Trinajstić information content (AvgIpc) is 2.53. The Morgan fingerprint density at radius 3 is 2.48 bits per heavy atom. The van der Waals surface area contributed by atoms with Crippen LogP contribution in [0.3, 0.4) is 0 Å². The minimum Gasteiger partial charge on any atom is -0.497 e. The zero-order chi connectivity index (χ0) is 15.1. The van der Waals surface area contributed by atoms with E-state index in [0.29, 0.717) is 23.6 Å². The first kappa shape index (κ1) is 14.9. The second-order valence-corrected chi connectivity index (χ2v) is 4.55. The minimum atomic E-state index is -0.529. The summed E-state index contributed by atoms with van der Waals surface area (Å²) < 4.78 is 10.8. The summed E-state index contributed by atoms with van der Waals surface area (Å²) in [5, 5.41) is 2.84. The number of hydrogen-bond acceptors (Lipinski definition) is 3. The molecule has 0 saturated heterocycles. The van der Waals surface area contributed by atoms with Gasteiger partial charge in [-0.1, -0.05) is 31.2 Å². The van der Waals surface area contributed by atoms with E-state index in [1.165, 1.54) is 0 Å². The number of nitrogens with one attached hydrogen (secondary N) is 1. The first-order chi connectivity index (χ1) is 10.2. The van der Waals surface area contributed by atoms with Crippen LogP contribution in [0.15, 0.2) is 54.6 Å². The van der Waals surface area contributed by atoms with Gasteiger partial charge in [-0.15, -0.1) is 0 Å². The first-order valence-corrected chi connectivity index (χ1v) is 6.89. The van der Waals surface area contributed by atoms with Crippen LogP contribution >= 0.6 is 0 Å². The van der Waals surface area contributed by atoms with Crippen LogP contribution in [-0.4, -0.2) is 19.1 Å². The zero-order valence-electron chi connectivity index (χ0n) is 12.2. The topological polar surface area (TPSA) is 47.6 Å². The number of para-hydroxylation sites is 1. The zero-order valence-corrected chi connectivity index (χ0v) is 12.2. The van der Waals surface area contributed by atoms with Gasteiger partial charge in [0.15, 0.2) is 6.10 Å². The number of rotatable bonds is 6. The standard InChI is InChI=1S/C17H19NO3/c1-3-16(21-14-9-5-4-6-10-14)17(19)18-13-8-7-11-15(12-13)20-2/h4-12,16H,3H2,1-2H3,(H,18,19)/t16-/m1/s1.